The highest BCUT2D eigenvalue weighted by Gasteiger charge is 2.35. The smallest absolute Gasteiger partial charge is 0.328 e. The summed E-state index contributed by atoms with van der Waals surface area (Å²) in [6.45, 7) is 1.73. The van der Waals surface area contributed by atoms with Crippen LogP contribution in [0.25, 0.3) is 0 Å². The van der Waals surface area contributed by atoms with Gasteiger partial charge in [0.2, 0.25) is 0 Å². The van der Waals surface area contributed by atoms with Crippen molar-refractivity contribution in [3.63, 3.8) is 0 Å². The quantitative estimate of drug-likeness (QED) is 0.582. The standard InChI is InChI=1S/C8H11NO2/c1-6-4-2-3-5-8(6,9)7(10)11/h2-4H,5,9H2,1H3,(H,10,11). The molecule has 0 amide bonds. The van der Waals surface area contributed by atoms with Crippen molar-refractivity contribution in [2.75, 3.05) is 0 Å². The molecule has 0 saturated heterocycles. The Labute approximate surface area is 65.2 Å². The van der Waals surface area contributed by atoms with Crippen LogP contribution < -0.4 is 5.73 Å². The first-order valence-corrected chi connectivity index (χ1v) is 3.43. The Kier molecular flexibility index (Phi) is 1.83. The number of hydrogen-bond acceptors (Lipinski definition) is 2. The molecule has 0 radical (unpaired) electrons. The number of carboxylic acids is 1. The average molecular weight is 153 g/mol. The first kappa shape index (κ1) is 8.01. The van der Waals surface area contributed by atoms with E-state index in [2.05, 4.69) is 0 Å². The minimum atomic E-state index is -1.17. The van der Waals surface area contributed by atoms with Gasteiger partial charge in [-0.15, -0.1) is 0 Å². The van der Waals surface area contributed by atoms with Gasteiger partial charge < -0.3 is 10.8 Å². The maximum atomic E-state index is 10.7. The van der Waals surface area contributed by atoms with Gasteiger partial charge in [-0.1, -0.05) is 18.2 Å². The molecule has 3 nitrogen and oxygen atoms in total. The third-order valence-corrected chi connectivity index (χ3v) is 2.01. The summed E-state index contributed by atoms with van der Waals surface area (Å²) >= 11 is 0. The molecule has 60 valence electrons. The molecule has 1 atom stereocenters. The van der Waals surface area contributed by atoms with Crippen LogP contribution in [0.2, 0.25) is 0 Å². The molecule has 0 fully saturated rings. The summed E-state index contributed by atoms with van der Waals surface area (Å²) < 4.78 is 0. The van der Waals surface area contributed by atoms with Gasteiger partial charge in [-0.05, 0) is 18.9 Å². The summed E-state index contributed by atoms with van der Waals surface area (Å²) in [5, 5.41) is 8.77. The zero-order valence-corrected chi connectivity index (χ0v) is 6.37. The number of carbonyl (C=O) groups is 1. The number of nitrogens with two attached hydrogens (primary N) is 1. The topological polar surface area (TPSA) is 63.3 Å². The molecule has 0 aromatic carbocycles. The second-order valence-electron chi connectivity index (χ2n) is 2.76. The molecule has 1 aliphatic carbocycles. The van der Waals surface area contributed by atoms with Crippen LogP contribution in [0.5, 0.6) is 0 Å². The predicted octanol–water partition coefficient (Wildman–Crippen LogP) is 0.675. The summed E-state index contributed by atoms with van der Waals surface area (Å²) in [5.74, 6) is -0.962. The number of hydrogen-bond donors (Lipinski definition) is 2. The number of aliphatic carboxylic acids is 1. The first-order valence-electron chi connectivity index (χ1n) is 3.43. The van der Waals surface area contributed by atoms with Crippen LogP contribution in [0, 0.1) is 0 Å². The molecule has 0 aromatic heterocycles. The Morgan fingerprint density at radius 3 is 2.82 bits per heavy atom. The molecule has 0 heterocycles. The number of rotatable bonds is 1. The maximum absolute atomic E-state index is 10.7. The molecule has 0 spiro atoms. The maximum Gasteiger partial charge on any atom is 0.328 e. The van der Waals surface area contributed by atoms with Gasteiger partial charge in [0, 0.05) is 0 Å². The predicted molar refractivity (Wildman–Crippen MR) is 42.1 cm³/mol. The van der Waals surface area contributed by atoms with E-state index in [-0.39, 0.29) is 0 Å². The molecule has 3 heteroatoms. The Bertz CT molecular complexity index is 242. The van der Waals surface area contributed by atoms with Crippen molar-refractivity contribution in [1.82, 2.24) is 0 Å². The lowest BCUT2D eigenvalue weighted by Gasteiger charge is -2.26. The van der Waals surface area contributed by atoms with Crippen LogP contribution >= 0.6 is 0 Å². The van der Waals surface area contributed by atoms with Crippen molar-refractivity contribution < 1.29 is 9.90 Å². The van der Waals surface area contributed by atoms with E-state index < -0.39 is 11.5 Å². The lowest BCUT2D eigenvalue weighted by molar-refractivity contribution is -0.141. The monoisotopic (exact) mass is 153 g/mol. The van der Waals surface area contributed by atoms with E-state index in [9.17, 15) is 4.79 Å². The lowest BCUT2D eigenvalue weighted by Crippen LogP contribution is -2.49. The van der Waals surface area contributed by atoms with Gasteiger partial charge in [0.25, 0.3) is 0 Å². The average Bonchev–Trinajstić information content (AvgIpc) is 1.95. The molecule has 1 rings (SSSR count). The number of carboxylic acid groups (broad SMARTS) is 1. The van der Waals surface area contributed by atoms with Crippen molar-refractivity contribution in [1.29, 1.82) is 0 Å². The molecular formula is C8H11NO2. The van der Waals surface area contributed by atoms with Crippen LogP contribution in [-0.2, 0) is 4.79 Å². The van der Waals surface area contributed by atoms with Crippen LogP contribution in [0.1, 0.15) is 13.3 Å². The zero-order chi connectivity index (χ0) is 8.48. The molecule has 0 bridgehead atoms. The van der Waals surface area contributed by atoms with Gasteiger partial charge >= 0.3 is 5.97 Å². The minimum Gasteiger partial charge on any atom is -0.480 e. The van der Waals surface area contributed by atoms with E-state index in [0.717, 1.165) is 0 Å². The van der Waals surface area contributed by atoms with E-state index in [4.69, 9.17) is 10.8 Å². The lowest BCUT2D eigenvalue weighted by atomic mass is 9.85. The van der Waals surface area contributed by atoms with E-state index in [1.54, 1.807) is 19.1 Å². The Hall–Kier alpha value is -1.09. The van der Waals surface area contributed by atoms with E-state index in [1.807, 2.05) is 6.08 Å². The van der Waals surface area contributed by atoms with Crippen molar-refractivity contribution in [3.8, 4) is 0 Å². The fourth-order valence-corrected chi connectivity index (χ4v) is 1.03. The van der Waals surface area contributed by atoms with Crippen LogP contribution in [-0.4, -0.2) is 16.6 Å². The van der Waals surface area contributed by atoms with Gasteiger partial charge in [-0.3, -0.25) is 0 Å². The summed E-state index contributed by atoms with van der Waals surface area (Å²) in [6, 6.07) is 0. The summed E-state index contributed by atoms with van der Waals surface area (Å²) in [4.78, 5) is 10.7. The highest BCUT2D eigenvalue weighted by atomic mass is 16.4. The van der Waals surface area contributed by atoms with Gasteiger partial charge in [-0.2, -0.15) is 0 Å². The third kappa shape index (κ3) is 1.19. The Balaban J connectivity index is 2.97. The van der Waals surface area contributed by atoms with Crippen LogP contribution in [0.15, 0.2) is 23.8 Å². The van der Waals surface area contributed by atoms with E-state index in [1.165, 1.54) is 0 Å². The van der Waals surface area contributed by atoms with Crippen LogP contribution in [0.4, 0.5) is 0 Å². The second-order valence-corrected chi connectivity index (χ2v) is 2.76. The Morgan fingerprint density at radius 1 is 1.82 bits per heavy atom. The molecular weight excluding hydrogens is 142 g/mol. The van der Waals surface area contributed by atoms with Crippen molar-refractivity contribution in [2.24, 2.45) is 5.73 Å². The van der Waals surface area contributed by atoms with Crippen LogP contribution in [0.3, 0.4) is 0 Å². The molecule has 0 aromatic rings. The van der Waals surface area contributed by atoms with Gasteiger partial charge in [0.1, 0.15) is 5.54 Å². The fourth-order valence-electron chi connectivity index (χ4n) is 1.03. The molecule has 0 aliphatic heterocycles. The third-order valence-electron chi connectivity index (χ3n) is 2.01. The molecule has 1 unspecified atom stereocenters. The van der Waals surface area contributed by atoms with Crippen molar-refractivity contribution in [3.05, 3.63) is 23.8 Å². The fraction of sp³-hybridized carbons (Fsp3) is 0.375. The summed E-state index contributed by atoms with van der Waals surface area (Å²) in [6.07, 6.45) is 5.70. The SMILES string of the molecule is CC1=CC=CCC1(N)C(=O)O. The Morgan fingerprint density at radius 2 is 2.45 bits per heavy atom. The normalized spacial score (nSPS) is 29.8. The zero-order valence-electron chi connectivity index (χ0n) is 6.37. The molecule has 3 N–H and O–H groups in total. The van der Waals surface area contributed by atoms with Gasteiger partial charge in [-0.25, -0.2) is 4.79 Å². The van der Waals surface area contributed by atoms with E-state index >= 15 is 0 Å². The highest BCUT2D eigenvalue weighted by molar-refractivity contribution is 5.83. The minimum absolute atomic E-state index is 0.380. The molecule has 0 saturated carbocycles. The molecule has 11 heavy (non-hydrogen) atoms. The second kappa shape index (κ2) is 2.51. The van der Waals surface area contributed by atoms with Crippen molar-refractivity contribution in [2.45, 2.75) is 18.9 Å². The molecule has 1 aliphatic rings. The summed E-state index contributed by atoms with van der Waals surface area (Å²) in [5.41, 5.74) is 5.16. The number of allylic oxidation sites excluding steroid dienone is 2. The van der Waals surface area contributed by atoms with E-state index in [0.29, 0.717) is 12.0 Å². The largest absolute Gasteiger partial charge is 0.480 e. The van der Waals surface area contributed by atoms with Crippen molar-refractivity contribution >= 4 is 5.97 Å². The van der Waals surface area contributed by atoms with Gasteiger partial charge in [0.15, 0.2) is 0 Å². The van der Waals surface area contributed by atoms with Gasteiger partial charge in [0.05, 0.1) is 0 Å². The first-order chi connectivity index (χ1) is 5.07. The summed E-state index contributed by atoms with van der Waals surface area (Å²) in [7, 11) is 0. The highest BCUT2D eigenvalue weighted by Crippen LogP contribution is 2.22.